The predicted molar refractivity (Wildman–Crippen MR) is 130 cm³/mol. The maximum atomic E-state index is 13.7. The molecule has 0 saturated heterocycles. The van der Waals surface area contributed by atoms with Gasteiger partial charge in [-0.1, -0.05) is 47.5 Å². The number of benzene rings is 3. The molecule has 0 spiro atoms. The van der Waals surface area contributed by atoms with E-state index in [0.29, 0.717) is 33.5 Å². The summed E-state index contributed by atoms with van der Waals surface area (Å²) in [5.74, 6) is -0.304. The van der Waals surface area contributed by atoms with Gasteiger partial charge in [0.1, 0.15) is 12.3 Å². The number of rotatable bonds is 9. The van der Waals surface area contributed by atoms with E-state index in [1.165, 1.54) is 19.2 Å². The number of hydrogen-bond donors (Lipinski definition) is 0. The van der Waals surface area contributed by atoms with Gasteiger partial charge in [0.15, 0.2) is 0 Å². The van der Waals surface area contributed by atoms with Gasteiger partial charge in [0.25, 0.3) is 10.0 Å². The molecule has 3 aromatic rings. The van der Waals surface area contributed by atoms with Crippen molar-refractivity contribution in [1.82, 2.24) is 0 Å². The number of sulfonamides is 1. The van der Waals surface area contributed by atoms with Crippen molar-refractivity contribution in [2.75, 3.05) is 24.6 Å². The van der Waals surface area contributed by atoms with Crippen LogP contribution in [0.1, 0.15) is 18.1 Å². The molecule has 9 heteroatoms. The van der Waals surface area contributed by atoms with Crippen molar-refractivity contribution in [2.24, 2.45) is 0 Å². The van der Waals surface area contributed by atoms with Gasteiger partial charge >= 0.3 is 5.97 Å². The van der Waals surface area contributed by atoms with Gasteiger partial charge in [-0.25, -0.2) is 8.42 Å². The van der Waals surface area contributed by atoms with Crippen LogP contribution in [0.2, 0.25) is 10.0 Å². The van der Waals surface area contributed by atoms with Crippen molar-refractivity contribution in [3.63, 3.8) is 0 Å². The van der Waals surface area contributed by atoms with Crippen molar-refractivity contribution >= 4 is 44.9 Å². The quantitative estimate of drug-likeness (QED) is 0.365. The Morgan fingerprint density at radius 2 is 1.73 bits per heavy atom. The molecule has 0 atom stereocenters. The zero-order valence-electron chi connectivity index (χ0n) is 18.1. The molecule has 174 valence electrons. The molecule has 0 aliphatic rings. The maximum Gasteiger partial charge on any atom is 0.326 e. The molecule has 0 amide bonds. The molecule has 0 fully saturated rings. The topological polar surface area (TPSA) is 72.9 Å². The molecule has 0 saturated carbocycles. The number of ether oxygens (including phenoxy) is 2. The highest BCUT2D eigenvalue weighted by atomic mass is 35.5. The second kappa shape index (κ2) is 10.9. The summed E-state index contributed by atoms with van der Waals surface area (Å²) in [6.45, 7) is 1.27. The number of carbonyl (C=O) groups excluding carboxylic acids is 1. The van der Waals surface area contributed by atoms with E-state index in [-0.39, 0.29) is 11.5 Å². The van der Waals surface area contributed by atoms with Crippen LogP contribution in [0.3, 0.4) is 0 Å². The molecule has 33 heavy (non-hydrogen) atoms. The molecule has 0 aromatic heterocycles. The molecule has 0 bridgehead atoms. The summed E-state index contributed by atoms with van der Waals surface area (Å²) in [5.41, 5.74) is 1.68. The summed E-state index contributed by atoms with van der Waals surface area (Å²) >= 11 is 12.6. The molecule has 6 nitrogen and oxygen atoms in total. The number of hydrogen-bond acceptors (Lipinski definition) is 5. The van der Waals surface area contributed by atoms with Gasteiger partial charge in [0, 0.05) is 22.5 Å². The third-order valence-corrected chi connectivity index (χ3v) is 7.22. The fourth-order valence-electron chi connectivity index (χ4n) is 3.30. The summed E-state index contributed by atoms with van der Waals surface area (Å²) in [6.07, 6.45) is 0.308. The summed E-state index contributed by atoms with van der Waals surface area (Å²) in [7, 11) is -2.71. The molecule has 3 aromatic carbocycles. The third-order valence-electron chi connectivity index (χ3n) is 4.86. The predicted octanol–water partition coefficient (Wildman–Crippen LogP) is 5.35. The standard InChI is InChI=1S/C24H23Cl2NO5S/c1-3-32-24(28)16-27(33(29,30)21-9-6-8-20(15-21)31-2)23-12-11-19(25)14-18(23)13-17-7-4-5-10-22(17)26/h4-12,14-15H,3,13,16H2,1-2H3. The lowest BCUT2D eigenvalue weighted by Gasteiger charge is -2.26. The second-order valence-corrected chi connectivity index (χ2v) is 9.74. The molecule has 0 radical (unpaired) electrons. The second-order valence-electron chi connectivity index (χ2n) is 7.04. The molecule has 0 heterocycles. The Bertz CT molecular complexity index is 1250. The highest BCUT2D eigenvalue weighted by molar-refractivity contribution is 7.92. The Kier molecular flexibility index (Phi) is 8.24. The van der Waals surface area contributed by atoms with Gasteiger partial charge < -0.3 is 9.47 Å². The highest BCUT2D eigenvalue weighted by Gasteiger charge is 2.30. The van der Waals surface area contributed by atoms with Gasteiger partial charge in [0.2, 0.25) is 0 Å². The molecule has 0 N–H and O–H groups in total. The minimum absolute atomic E-state index is 0.0233. The van der Waals surface area contributed by atoms with E-state index >= 15 is 0 Å². The van der Waals surface area contributed by atoms with Crippen LogP contribution < -0.4 is 9.04 Å². The van der Waals surface area contributed by atoms with Crippen LogP contribution in [0.25, 0.3) is 0 Å². The number of nitrogens with zero attached hydrogens (tertiary/aromatic N) is 1. The Hall–Kier alpha value is -2.74. The van der Waals surface area contributed by atoms with E-state index in [9.17, 15) is 13.2 Å². The van der Waals surface area contributed by atoms with Crippen molar-refractivity contribution in [2.45, 2.75) is 18.2 Å². The van der Waals surface area contributed by atoms with Crippen LogP contribution in [0.15, 0.2) is 71.6 Å². The Morgan fingerprint density at radius 1 is 0.970 bits per heavy atom. The minimum atomic E-state index is -4.16. The van der Waals surface area contributed by atoms with Gasteiger partial charge in [-0.3, -0.25) is 9.10 Å². The van der Waals surface area contributed by atoms with Crippen LogP contribution in [-0.2, 0) is 26.0 Å². The van der Waals surface area contributed by atoms with Crippen LogP contribution in [0.5, 0.6) is 5.75 Å². The van der Waals surface area contributed by atoms with E-state index in [4.69, 9.17) is 32.7 Å². The SMILES string of the molecule is CCOC(=O)CN(c1ccc(Cl)cc1Cc1ccccc1Cl)S(=O)(=O)c1cccc(OC)c1. The number of methoxy groups -OCH3 is 1. The van der Waals surface area contributed by atoms with Crippen molar-refractivity contribution < 1.29 is 22.7 Å². The smallest absolute Gasteiger partial charge is 0.326 e. The highest BCUT2D eigenvalue weighted by Crippen LogP contribution is 2.33. The number of anilines is 1. The number of esters is 1. The average Bonchev–Trinajstić information content (AvgIpc) is 2.79. The zero-order valence-corrected chi connectivity index (χ0v) is 20.5. The Balaban J connectivity index is 2.15. The zero-order chi connectivity index (χ0) is 24.0. The Labute approximate surface area is 203 Å². The maximum absolute atomic E-state index is 13.7. The summed E-state index contributed by atoms with van der Waals surface area (Å²) in [6, 6.07) is 18.1. The summed E-state index contributed by atoms with van der Waals surface area (Å²) in [5, 5.41) is 0.965. The molecular weight excluding hydrogens is 485 g/mol. The van der Waals surface area contributed by atoms with E-state index in [1.54, 1.807) is 43.3 Å². The first-order chi connectivity index (χ1) is 15.8. The fourth-order valence-corrected chi connectivity index (χ4v) is 5.18. The fraction of sp³-hybridized carbons (Fsp3) is 0.208. The van der Waals surface area contributed by atoms with Crippen LogP contribution in [0.4, 0.5) is 5.69 Å². The first-order valence-corrected chi connectivity index (χ1v) is 12.3. The summed E-state index contributed by atoms with van der Waals surface area (Å²) < 4.78 is 38.7. The van der Waals surface area contributed by atoms with Crippen LogP contribution >= 0.6 is 23.2 Å². The molecule has 0 aliphatic carbocycles. The largest absolute Gasteiger partial charge is 0.497 e. The van der Waals surface area contributed by atoms with Gasteiger partial charge in [-0.05, 0) is 54.4 Å². The molecule has 0 aliphatic heterocycles. The molecular formula is C24H23Cl2NO5S. The monoisotopic (exact) mass is 507 g/mol. The first kappa shape index (κ1) is 24.9. The molecule has 3 rings (SSSR count). The van der Waals surface area contributed by atoms with Crippen molar-refractivity contribution in [1.29, 1.82) is 0 Å². The van der Waals surface area contributed by atoms with Crippen molar-refractivity contribution in [3.8, 4) is 5.75 Å². The van der Waals surface area contributed by atoms with E-state index in [0.717, 1.165) is 9.87 Å². The lowest BCUT2D eigenvalue weighted by molar-refractivity contribution is -0.141. The van der Waals surface area contributed by atoms with Crippen molar-refractivity contribution in [3.05, 3.63) is 87.9 Å². The first-order valence-electron chi connectivity index (χ1n) is 10.1. The van der Waals surface area contributed by atoms with E-state index in [1.807, 2.05) is 18.2 Å². The van der Waals surface area contributed by atoms with E-state index < -0.39 is 22.5 Å². The number of halogens is 2. The molecule has 0 unspecified atom stereocenters. The van der Waals surface area contributed by atoms with Crippen LogP contribution in [0, 0.1) is 0 Å². The van der Waals surface area contributed by atoms with Gasteiger partial charge in [0.05, 0.1) is 24.3 Å². The average molecular weight is 508 g/mol. The lowest BCUT2D eigenvalue weighted by Crippen LogP contribution is -2.37. The Morgan fingerprint density at radius 3 is 2.42 bits per heavy atom. The number of carbonyl (C=O) groups is 1. The van der Waals surface area contributed by atoms with Gasteiger partial charge in [-0.2, -0.15) is 0 Å². The van der Waals surface area contributed by atoms with Crippen LogP contribution in [-0.4, -0.2) is 34.6 Å². The minimum Gasteiger partial charge on any atom is -0.497 e. The van der Waals surface area contributed by atoms with Gasteiger partial charge in [-0.15, -0.1) is 0 Å². The third kappa shape index (κ3) is 5.99. The lowest BCUT2D eigenvalue weighted by atomic mass is 10.0. The normalized spacial score (nSPS) is 11.2. The van der Waals surface area contributed by atoms with E-state index in [2.05, 4.69) is 0 Å². The summed E-state index contributed by atoms with van der Waals surface area (Å²) in [4.78, 5) is 12.4.